The van der Waals surface area contributed by atoms with Crippen molar-refractivity contribution in [3.8, 4) is 5.88 Å². The van der Waals surface area contributed by atoms with Crippen LogP contribution in [0.25, 0.3) is 0 Å². The number of carbonyl (C=O) groups excluding carboxylic acids is 1. The van der Waals surface area contributed by atoms with Gasteiger partial charge >= 0.3 is 6.09 Å². The maximum atomic E-state index is 13.0. The van der Waals surface area contributed by atoms with Crippen molar-refractivity contribution in [1.82, 2.24) is 9.97 Å². The number of hydrogen-bond donors (Lipinski definition) is 1. The van der Waals surface area contributed by atoms with E-state index in [-0.39, 0.29) is 18.1 Å². The smallest absolute Gasteiger partial charge is 0.415 e. The van der Waals surface area contributed by atoms with Gasteiger partial charge in [0.25, 0.3) is 0 Å². The van der Waals surface area contributed by atoms with Gasteiger partial charge in [-0.1, -0.05) is 12.1 Å². The first-order valence-corrected chi connectivity index (χ1v) is 16.2. The topological polar surface area (TPSA) is 123 Å². The molecule has 2 aromatic heterocycles. The summed E-state index contributed by atoms with van der Waals surface area (Å²) >= 11 is 0. The molecule has 0 aliphatic carbocycles. The molecule has 0 saturated heterocycles. The van der Waals surface area contributed by atoms with Crippen LogP contribution in [0.2, 0.25) is 0 Å². The molecular weight excluding hydrogens is 570 g/mol. The molecule has 0 radical (unpaired) electrons. The summed E-state index contributed by atoms with van der Waals surface area (Å²) in [6.07, 6.45) is 4.12. The van der Waals surface area contributed by atoms with Crippen LogP contribution >= 0.6 is 0 Å². The van der Waals surface area contributed by atoms with E-state index in [2.05, 4.69) is 20.2 Å². The molecule has 3 aromatic rings. The number of hydrogen-bond acceptors (Lipinski definition) is 10. The normalized spacial score (nSPS) is 14.9. The predicted molar refractivity (Wildman–Crippen MR) is 166 cm³/mol. The molecule has 2 aliphatic heterocycles. The number of carbonyl (C=O) groups is 1. The molecule has 1 aromatic carbocycles. The van der Waals surface area contributed by atoms with Gasteiger partial charge in [-0.2, -0.15) is 0 Å². The number of anilines is 4. The van der Waals surface area contributed by atoms with Gasteiger partial charge in [-0.3, -0.25) is 4.90 Å². The fourth-order valence-electron chi connectivity index (χ4n) is 5.23. The standard InChI is InChI=1S/C31H39N5O6S/c1-21-26(18-33-29-28(21)36(12-13-41-29)30(37)42-31(2,3)4)35-11-10-23-17-32-27(16-24(23)19-35)34-25-8-6-22(7-9-25)20-43(38,39)15-14-40-5/h6-9,16-18H,10-15,19-20H2,1-5H3,(H,32,34). The van der Waals surface area contributed by atoms with Crippen molar-refractivity contribution in [3.05, 3.63) is 65.0 Å². The van der Waals surface area contributed by atoms with Crippen LogP contribution in [-0.4, -0.2) is 69.2 Å². The highest BCUT2D eigenvalue weighted by molar-refractivity contribution is 7.90. The van der Waals surface area contributed by atoms with E-state index in [1.165, 1.54) is 12.7 Å². The molecule has 1 amide bonds. The van der Waals surface area contributed by atoms with Gasteiger partial charge in [0.2, 0.25) is 5.88 Å². The molecule has 0 saturated carbocycles. The number of nitrogens with zero attached hydrogens (tertiary/aromatic N) is 4. The molecule has 0 fully saturated rings. The molecule has 12 heteroatoms. The van der Waals surface area contributed by atoms with Gasteiger partial charge in [0.15, 0.2) is 9.84 Å². The second-order valence-corrected chi connectivity index (χ2v) is 14.0. The summed E-state index contributed by atoms with van der Waals surface area (Å²) in [5.74, 6) is 1.11. The van der Waals surface area contributed by atoms with Gasteiger partial charge in [0.05, 0.1) is 36.5 Å². The average molecular weight is 610 g/mol. The zero-order valence-corrected chi connectivity index (χ0v) is 26.2. The number of amides is 1. The molecule has 0 spiro atoms. The SMILES string of the molecule is COCCS(=O)(=O)Cc1ccc(Nc2cc3c(cn2)CCN(c2cnc4c(c2C)N(C(=O)OC(C)(C)C)CCO4)C3)cc1. The highest BCUT2D eigenvalue weighted by Crippen LogP contribution is 2.40. The Bertz CT molecular complexity index is 1590. The van der Waals surface area contributed by atoms with Gasteiger partial charge in [-0.25, -0.2) is 23.2 Å². The van der Waals surface area contributed by atoms with Crippen LogP contribution in [-0.2, 0) is 38.0 Å². The Morgan fingerprint density at radius 1 is 1.09 bits per heavy atom. The van der Waals surface area contributed by atoms with E-state index in [1.54, 1.807) is 4.90 Å². The minimum Gasteiger partial charge on any atom is -0.474 e. The van der Waals surface area contributed by atoms with E-state index in [9.17, 15) is 13.2 Å². The molecule has 4 heterocycles. The molecule has 230 valence electrons. The maximum absolute atomic E-state index is 13.0. The highest BCUT2D eigenvalue weighted by atomic mass is 32.2. The lowest BCUT2D eigenvalue weighted by Crippen LogP contribution is -2.42. The van der Waals surface area contributed by atoms with E-state index >= 15 is 0 Å². The minimum absolute atomic E-state index is 0.00359. The van der Waals surface area contributed by atoms with Gasteiger partial charge < -0.3 is 24.4 Å². The lowest BCUT2D eigenvalue weighted by atomic mass is 10.0. The van der Waals surface area contributed by atoms with Crippen LogP contribution in [0.15, 0.2) is 42.7 Å². The third kappa shape index (κ3) is 7.37. The second kappa shape index (κ2) is 12.4. The molecule has 1 N–H and O–H groups in total. The summed E-state index contributed by atoms with van der Waals surface area (Å²) < 4.78 is 40.9. The van der Waals surface area contributed by atoms with Gasteiger partial charge in [-0.05, 0) is 69.0 Å². The first-order chi connectivity index (χ1) is 20.4. The molecule has 11 nitrogen and oxygen atoms in total. The molecular formula is C31H39N5O6S. The van der Waals surface area contributed by atoms with Crippen LogP contribution in [0.1, 0.15) is 43.0 Å². The monoisotopic (exact) mass is 609 g/mol. The van der Waals surface area contributed by atoms with Crippen LogP contribution < -0.4 is 19.9 Å². The van der Waals surface area contributed by atoms with Crippen LogP contribution in [0.3, 0.4) is 0 Å². The predicted octanol–water partition coefficient (Wildman–Crippen LogP) is 4.79. The molecule has 0 bridgehead atoms. The summed E-state index contributed by atoms with van der Waals surface area (Å²) in [4.78, 5) is 26.1. The zero-order valence-electron chi connectivity index (χ0n) is 25.3. The van der Waals surface area contributed by atoms with E-state index in [0.29, 0.717) is 37.1 Å². The van der Waals surface area contributed by atoms with E-state index < -0.39 is 21.5 Å². The molecule has 5 rings (SSSR count). The first-order valence-electron chi connectivity index (χ1n) is 14.3. The second-order valence-electron chi connectivity index (χ2n) is 11.8. The van der Waals surface area contributed by atoms with Crippen LogP contribution in [0.4, 0.5) is 27.7 Å². The Morgan fingerprint density at radius 2 is 1.86 bits per heavy atom. The molecule has 2 aliphatic rings. The van der Waals surface area contributed by atoms with E-state index in [1.807, 2.05) is 70.4 Å². The Labute approximate surface area is 253 Å². The number of fused-ring (bicyclic) bond motifs is 2. The Kier molecular flexibility index (Phi) is 8.79. The third-order valence-corrected chi connectivity index (χ3v) is 8.89. The van der Waals surface area contributed by atoms with Gasteiger partial charge in [0, 0.05) is 37.6 Å². The van der Waals surface area contributed by atoms with Crippen molar-refractivity contribution in [2.75, 3.05) is 54.3 Å². The van der Waals surface area contributed by atoms with Crippen molar-refractivity contribution in [3.63, 3.8) is 0 Å². The van der Waals surface area contributed by atoms with Gasteiger partial charge in [-0.15, -0.1) is 0 Å². The Balaban J connectivity index is 1.31. The van der Waals surface area contributed by atoms with Crippen molar-refractivity contribution in [2.45, 2.75) is 52.0 Å². The summed E-state index contributed by atoms with van der Waals surface area (Å²) in [5.41, 5.74) is 5.74. The largest absolute Gasteiger partial charge is 0.474 e. The number of benzene rings is 1. The van der Waals surface area contributed by atoms with Crippen molar-refractivity contribution >= 4 is 38.8 Å². The average Bonchev–Trinajstić information content (AvgIpc) is 2.96. The first kappa shape index (κ1) is 30.6. The fourth-order valence-corrected chi connectivity index (χ4v) is 6.49. The van der Waals surface area contributed by atoms with Crippen molar-refractivity contribution < 1.29 is 27.4 Å². The van der Waals surface area contributed by atoms with Crippen molar-refractivity contribution in [1.29, 1.82) is 0 Å². The summed E-state index contributed by atoms with van der Waals surface area (Å²) in [5, 5.41) is 3.34. The Hall–Kier alpha value is -3.90. The lowest BCUT2D eigenvalue weighted by molar-refractivity contribution is 0.0566. The highest BCUT2D eigenvalue weighted by Gasteiger charge is 2.32. The number of aromatic nitrogens is 2. The number of ether oxygens (including phenoxy) is 3. The molecule has 0 unspecified atom stereocenters. The quantitative estimate of drug-likeness (QED) is 0.381. The fraction of sp³-hybridized carbons (Fsp3) is 0.452. The van der Waals surface area contributed by atoms with E-state index in [0.717, 1.165) is 41.0 Å². The number of sulfone groups is 1. The summed E-state index contributed by atoms with van der Waals surface area (Å²) in [7, 11) is -1.74. The van der Waals surface area contributed by atoms with Gasteiger partial charge in [0.1, 0.15) is 23.7 Å². The van der Waals surface area contributed by atoms with Crippen LogP contribution in [0, 0.1) is 6.92 Å². The van der Waals surface area contributed by atoms with E-state index in [4.69, 9.17) is 14.2 Å². The Morgan fingerprint density at radius 3 is 2.58 bits per heavy atom. The zero-order chi connectivity index (χ0) is 30.8. The number of nitrogens with one attached hydrogen (secondary N) is 1. The maximum Gasteiger partial charge on any atom is 0.415 e. The molecule has 0 atom stereocenters. The van der Waals surface area contributed by atoms with Crippen molar-refractivity contribution in [2.24, 2.45) is 0 Å². The lowest BCUT2D eigenvalue weighted by Gasteiger charge is -2.35. The number of rotatable bonds is 8. The van der Waals surface area contributed by atoms with Crippen LogP contribution in [0.5, 0.6) is 5.88 Å². The third-order valence-electron chi connectivity index (χ3n) is 7.33. The molecule has 43 heavy (non-hydrogen) atoms. The minimum atomic E-state index is -3.23. The summed E-state index contributed by atoms with van der Waals surface area (Å²) in [6.45, 7) is 9.91. The number of methoxy groups -OCH3 is 1. The summed E-state index contributed by atoms with van der Waals surface area (Å²) in [6, 6.07) is 9.37. The number of pyridine rings is 2.